The number of rotatable bonds is 3. The number of thiazole rings is 1. The van der Waals surface area contributed by atoms with Crippen LogP contribution >= 0.6 is 11.3 Å². The molecule has 2 saturated heterocycles. The van der Waals surface area contributed by atoms with Gasteiger partial charge in [-0.15, -0.1) is 11.3 Å². The molecule has 1 aromatic rings. The fourth-order valence-electron chi connectivity index (χ4n) is 2.87. The highest BCUT2D eigenvalue weighted by molar-refractivity contribution is 7.25. The van der Waals surface area contributed by atoms with Crippen LogP contribution in [0.4, 0.5) is 5.13 Å². The molecule has 0 atom stereocenters. The van der Waals surface area contributed by atoms with Crippen LogP contribution in [0.3, 0.4) is 0 Å². The van der Waals surface area contributed by atoms with Crippen LogP contribution in [-0.4, -0.2) is 61.4 Å². The van der Waals surface area contributed by atoms with Gasteiger partial charge in [0.1, 0.15) is 0 Å². The highest BCUT2D eigenvalue weighted by Gasteiger charge is 2.53. The highest BCUT2D eigenvalue weighted by Crippen LogP contribution is 2.37. The van der Waals surface area contributed by atoms with Crippen molar-refractivity contribution in [3.63, 3.8) is 0 Å². The van der Waals surface area contributed by atoms with Crippen LogP contribution in [-0.2, 0) is 15.7 Å². The first kappa shape index (κ1) is 17.2. The van der Waals surface area contributed by atoms with E-state index in [-0.39, 0.29) is 18.3 Å². The Balaban J connectivity index is 1.83. The molecule has 0 amide bonds. The first-order valence-corrected chi connectivity index (χ1v) is 9.34. The zero-order valence-corrected chi connectivity index (χ0v) is 16.0. The van der Waals surface area contributed by atoms with Gasteiger partial charge in [-0.25, -0.2) is 4.98 Å². The summed E-state index contributed by atoms with van der Waals surface area (Å²) in [4.78, 5) is 9.63. The highest BCUT2D eigenvalue weighted by atomic mass is 32.1. The third-order valence-electron chi connectivity index (χ3n) is 5.29. The van der Waals surface area contributed by atoms with Crippen LogP contribution < -0.4 is 9.68 Å². The number of likely N-dealkylation sites (N-methyl/N-ethyl adjacent to an activating group) is 1. The van der Waals surface area contributed by atoms with E-state index in [1.165, 1.54) is 0 Å². The molecule has 0 aromatic carbocycles. The lowest BCUT2D eigenvalue weighted by molar-refractivity contribution is 0.00578. The number of anilines is 1. The summed E-state index contributed by atoms with van der Waals surface area (Å²) in [6.45, 7) is 14.8. The molecule has 0 spiro atoms. The lowest BCUT2D eigenvalue weighted by Crippen LogP contribution is -2.44. The molecule has 2 fully saturated rings. The minimum absolute atomic E-state index is 0.298. The van der Waals surface area contributed by atoms with E-state index in [4.69, 9.17) is 14.3 Å². The van der Waals surface area contributed by atoms with Crippen molar-refractivity contribution in [2.75, 3.05) is 38.1 Å². The summed E-state index contributed by atoms with van der Waals surface area (Å²) in [5, 5.41) is 1.11. The molecule has 5 nitrogen and oxygen atoms in total. The van der Waals surface area contributed by atoms with Gasteiger partial charge in [-0.1, -0.05) is 6.92 Å². The van der Waals surface area contributed by atoms with Gasteiger partial charge in [0.05, 0.1) is 21.7 Å². The van der Waals surface area contributed by atoms with Gasteiger partial charge in [0, 0.05) is 26.2 Å². The lowest BCUT2D eigenvalue weighted by atomic mass is 9.86. The Hall–Kier alpha value is -0.625. The molecule has 0 unspecified atom stereocenters. The van der Waals surface area contributed by atoms with Crippen LogP contribution in [0.5, 0.6) is 0 Å². The van der Waals surface area contributed by atoms with E-state index in [0.717, 1.165) is 48.2 Å². The predicted octanol–water partition coefficient (Wildman–Crippen LogP) is 1.76. The maximum atomic E-state index is 6.23. The molecule has 0 saturated carbocycles. The predicted molar refractivity (Wildman–Crippen MR) is 96.9 cm³/mol. The average Bonchev–Trinajstić information content (AvgIpc) is 2.99. The summed E-state index contributed by atoms with van der Waals surface area (Å²) in [6.07, 6.45) is 0.906. The van der Waals surface area contributed by atoms with Gasteiger partial charge in [0.2, 0.25) is 0 Å². The summed E-state index contributed by atoms with van der Waals surface area (Å²) < 4.78 is 13.6. The zero-order valence-electron chi connectivity index (χ0n) is 15.2. The van der Waals surface area contributed by atoms with E-state index in [9.17, 15) is 0 Å². The zero-order chi connectivity index (χ0) is 16.8. The maximum Gasteiger partial charge on any atom is 0.507 e. The van der Waals surface area contributed by atoms with Crippen LogP contribution in [0, 0.1) is 0 Å². The van der Waals surface area contributed by atoms with Crippen LogP contribution in [0.2, 0.25) is 0 Å². The molecule has 7 heteroatoms. The molecule has 2 aliphatic rings. The fraction of sp³-hybridized carbons (Fsp3) is 0.812. The first-order chi connectivity index (χ1) is 10.7. The van der Waals surface area contributed by atoms with Gasteiger partial charge in [-0.2, -0.15) is 0 Å². The number of hydrogen-bond donors (Lipinski definition) is 0. The number of nitrogens with zero attached hydrogens (tertiary/aromatic N) is 3. The molecule has 0 radical (unpaired) electrons. The fourth-order valence-corrected chi connectivity index (χ4v) is 4.04. The van der Waals surface area contributed by atoms with Crippen molar-refractivity contribution in [2.45, 2.75) is 52.2 Å². The van der Waals surface area contributed by atoms with E-state index in [1.807, 2.05) is 0 Å². The van der Waals surface area contributed by atoms with Gasteiger partial charge in [-0.3, -0.25) is 0 Å². The van der Waals surface area contributed by atoms with Crippen LogP contribution in [0.1, 0.15) is 40.3 Å². The van der Waals surface area contributed by atoms with Crippen molar-refractivity contribution >= 4 is 28.4 Å². The van der Waals surface area contributed by atoms with E-state index in [0.29, 0.717) is 0 Å². The Labute approximate surface area is 144 Å². The van der Waals surface area contributed by atoms with Gasteiger partial charge in [-0.05, 0) is 41.2 Å². The Morgan fingerprint density at radius 1 is 1.09 bits per heavy atom. The molecule has 128 valence electrons. The molecule has 1 aromatic heterocycles. The second-order valence-corrected chi connectivity index (χ2v) is 8.55. The quantitative estimate of drug-likeness (QED) is 0.786. The van der Waals surface area contributed by atoms with Gasteiger partial charge < -0.3 is 19.1 Å². The summed E-state index contributed by atoms with van der Waals surface area (Å²) in [6, 6.07) is 0. The number of piperazine rings is 1. The Morgan fingerprint density at radius 2 is 1.65 bits per heavy atom. The molecule has 3 heterocycles. The maximum absolute atomic E-state index is 6.23. The summed E-state index contributed by atoms with van der Waals surface area (Å²) >= 11 is 1.74. The van der Waals surface area contributed by atoms with Crippen LogP contribution in [0.25, 0.3) is 0 Å². The SMILES string of the molecule is CCc1nc(N2CCN(C)CC2)sc1B1OC(C)(C)C(C)(C)O1. The van der Waals surface area contributed by atoms with E-state index < -0.39 is 0 Å². The third kappa shape index (κ3) is 3.16. The third-order valence-corrected chi connectivity index (χ3v) is 6.47. The second kappa shape index (κ2) is 6.03. The second-order valence-electron chi connectivity index (χ2n) is 7.54. The van der Waals surface area contributed by atoms with Crippen molar-refractivity contribution in [2.24, 2.45) is 0 Å². The average molecular weight is 337 g/mol. The van der Waals surface area contributed by atoms with Gasteiger partial charge in [0.25, 0.3) is 0 Å². The molecule has 23 heavy (non-hydrogen) atoms. The first-order valence-electron chi connectivity index (χ1n) is 8.52. The number of hydrogen-bond acceptors (Lipinski definition) is 6. The van der Waals surface area contributed by atoms with Crippen LogP contribution in [0.15, 0.2) is 0 Å². The van der Waals surface area contributed by atoms with Crippen molar-refractivity contribution in [1.82, 2.24) is 9.88 Å². The van der Waals surface area contributed by atoms with E-state index in [2.05, 4.69) is 51.5 Å². The Kier molecular flexibility index (Phi) is 4.51. The van der Waals surface area contributed by atoms with Gasteiger partial charge >= 0.3 is 7.12 Å². The molecule has 0 aliphatic carbocycles. The minimum Gasteiger partial charge on any atom is -0.399 e. The minimum atomic E-state index is -0.305. The molecular weight excluding hydrogens is 309 g/mol. The lowest BCUT2D eigenvalue weighted by Gasteiger charge is -2.32. The number of aryl methyl sites for hydroxylation is 1. The van der Waals surface area contributed by atoms with E-state index in [1.54, 1.807) is 11.3 Å². The Morgan fingerprint density at radius 3 is 2.17 bits per heavy atom. The summed E-state index contributed by atoms with van der Waals surface area (Å²) in [5.41, 5.74) is 0.504. The molecular formula is C16H28BN3O2S. The summed E-state index contributed by atoms with van der Waals surface area (Å²) in [7, 11) is 1.88. The standard InChI is InChI=1S/C16H28BN3O2S/c1-7-12-13(17-21-15(2,3)16(4,5)22-17)23-14(18-12)20-10-8-19(6)9-11-20/h7-11H2,1-6H3. The molecule has 2 aliphatic heterocycles. The summed E-state index contributed by atoms with van der Waals surface area (Å²) in [5.74, 6) is 0. The molecule has 3 rings (SSSR count). The monoisotopic (exact) mass is 337 g/mol. The largest absolute Gasteiger partial charge is 0.507 e. The van der Waals surface area contributed by atoms with E-state index >= 15 is 0 Å². The molecule has 0 N–H and O–H groups in total. The van der Waals surface area contributed by atoms with Crippen molar-refractivity contribution in [1.29, 1.82) is 0 Å². The molecule has 0 bridgehead atoms. The van der Waals surface area contributed by atoms with Crippen molar-refractivity contribution in [3.8, 4) is 0 Å². The van der Waals surface area contributed by atoms with Crippen molar-refractivity contribution < 1.29 is 9.31 Å². The van der Waals surface area contributed by atoms with Gasteiger partial charge in [0.15, 0.2) is 5.13 Å². The number of aromatic nitrogens is 1. The smallest absolute Gasteiger partial charge is 0.399 e. The topological polar surface area (TPSA) is 37.8 Å². The Bertz CT molecular complexity index is 552. The van der Waals surface area contributed by atoms with Crippen molar-refractivity contribution in [3.05, 3.63) is 5.69 Å². The normalized spacial score (nSPS) is 24.4.